The largest absolute Gasteiger partial charge is 0.0955 e. The Bertz CT molecular complexity index is 395. The zero-order valence-corrected chi connectivity index (χ0v) is 12.1. The molecule has 1 aliphatic rings. The number of hydrogen-bond acceptors (Lipinski definition) is 0. The minimum Gasteiger partial charge on any atom is -0.0955 e. The first-order valence-corrected chi connectivity index (χ1v) is 7.18. The summed E-state index contributed by atoms with van der Waals surface area (Å²) in [5.74, 6) is 0. The zero-order valence-electron chi connectivity index (χ0n) is 12.1. The van der Waals surface area contributed by atoms with Gasteiger partial charge in [-0.15, -0.1) is 0 Å². The van der Waals surface area contributed by atoms with E-state index in [0.29, 0.717) is 0 Å². The number of benzene rings is 1. The maximum atomic E-state index is 4.24. The molecule has 0 N–H and O–H groups in total. The molecule has 1 aromatic rings. The van der Waals surface area contributed by atoms with Crippen LogP contribution in [0.1, 0.15) is 52.0 Å². The lowest BCUT2D eigenvalue weighted by molar-refractivity contribution is 0.878. The van der Waals surface area contributed by atoms with Crippen molar-refractivity contribution in [2.45, 2.75) is 52.9 Å². The van der Waals surface area contributed by atoms with Crippen LogP contribution in [0.2, 0.25) is 0 Å². The number of aryl methyl sites for hydroxylation is 1. The fraction of sp³-hybridized carbons (Fsp3) is 0.444. The normalized spacial score (nSPS) is 14.2. The smallest absolute Gasteiger partial charge is 0.0238 e. The Balaban J connectivity index is 0.000000771. The SMILES string of the molecule is C=C(CCc1ccccc1)C1=C(C)CCC1.CC. The summed E-state index contributed by atoms with van der Waals surface area (Å²) in [7, 11) is 0. The van der Waals surface area contributed by atoms with Crippen molar-refractivity contribution in [3.8, 4) is 0 Å². The molecule has 0 aliphatic heterocycles. The Morgan fingerprint density at radius 3 is 2.33 bits per heavy atom. The third-order valence-corrected chi connectivity index (χ3v) is 3.48. The molecule has 0 nitrogen and oxygen atoms in total. The Morgan fingerprint density at radius 1 is 1.11 bits per heavy atom. The first-order valence-electron chi connectivity index (χ1n) is 7.18. The molecule has 0 heterocycles. The predicted molar refractivity (Wildman–Crippen MR) is 81.8 cm³/mol. The van der Waals surface area contributed by atoms with Crippen LogP contribution < -0.4 is 0 Å². The van der Waals surface area contributed by atoms with E-state index in [9.17, 15) is 0 Å². The van der Waals surface area contributed by atoms with Crippen LogP contribution in [-0.4, -0.2) is 0 Å². The number of hydrogen-bond donors (Lipinski definition) is 0. The second kappa shape index (κ2) is 7.92. The molecule has 0 atom stereocenters. The van der Waals surface area contributed by atoms with Gasteiger partial charge in [-0.2, -0.15) is 0 Å². The summed E-state index contributed by atoms with van der Waals surface area (Å²) < 4.78 is 0. The van der Waals surface area contributed by atoms with Crippen LogP contribution in [0, 0.1) is 0 Å². The van der Waals surface area contributed by atoms with Gasteiger partial charge in [0.15, 0.2) is 0 Å². The highest BCUT2D eigenvalue weighted by molar-refractivity contribution is 5.36. The summed E-state index contributed by atoms with van der Waals surface area (Å²) in [6.07, 6.45) is 6.08. The minimum atomic E-state index is 1.11. The molecule has 0 fully saturated rings. The van der Waals surface area contributed by atoms with Crippen LogP contribution in [0.15, 0.2) is 53.6 Å². The van der Waals surface area contributed by atoms with E-state index < -0.39 is 0 Å². The summed E-state index contributed by atoms with van der Waals surface area (Å²) in [6.45, 7) is 10.5. The molecule has 1 aromatic carbocycles. The summed E-state index contributed by atoms with van der Waals surface area (Å²) in [5.41, 5.74) is 5.90. The van der Waals surface area contributed by atoms with E-state index in [1.54, 1.807) is 11.1 Å². The molecule has 0 bridgehead atoms. The van der Waals surface area contributed by atoms with Gasteiger partial charge in [0.25, 0.3) is 0 Å². The highest BCUT2D eigenvalue weighted by Crippen LogP contribution is 2.31. The van der Waals surface area contributed by atoms with Crippen LogP contribution in [0.4, 0.5) is 0 Å². The van der Waals surface area contributed by atoms with Crippen molar-refractivity contribution in [2.24, 2.45) is 0 Å². The zero-order chi connectivity index (χ0) is 13.4. The van der Waals surface area contributed by atoms with E-state index in [4.69, 9.17) is 0 Å². The molecule has 0 aromatic heterocycles. The lowest BCUT2D eigenvalue weighted by Crippen LogP contribution is -1.91. The molecular weight excluding hydrogens is 216 g/mol. The summed E-state index contributed by atoms with van der Waals surface area (Å²) in [4.78, 5) is 0. The lowest BCUT2D eigenvalue weighted by atomic mass is 9.97. The van der Waals surface area contributed by atoms with Gasteiger partial charge in [-0.3, -0.25) is 0 Å². The molecule has 0 saturated heterocycles. The van der Waals surface area contributed by atoms with Crippen molar-refractivity contribution in [1.82, 2.24) is 0 Å². The van der Waals surface area contributed by atoms with E-state index in [2.05, 4.69) is 43.8 Å². The number of rotatable bonds is 4. The van der Waals surface area contributed by atoms with Crippen LogP contribution in [0.25, 0.3) is 0 Å². The van der Waals surface area contributed by atoms with Gasteiger partial charge in [0.05, 0.1) is 0 Å². The second-order valence-electron chi connectivity index (χ2n) is 4.70. The van der Waals surface area contributed by atoms with Gasteiger partial charge in [-0.05, 0) is 50.2 Å². The van der Waals surface area contributed by atoms with Crippen LogP contribution in [-0.2, 0) is 6.42 Å². The molecular formula is C18H26. The fourth-order valence-electron chi connectivity index (χ4n) is 2.46. The van der Waals surface area contributed by atoms with Gasteiger partial charge in [-0.25, -0.2) is 0 Å². The van der Waals surface area contributed by atoms with Crippen molar-refractivity contribution in [3.05, 3.63) is 59.2 Å². The van der Waals surface area contributed by atoms with Gasteiger partial charge in [0.1, 0.15) is 0 Å². The van der Waals surface area contributed by atoms with E-state index in [-0.39, 0.29) is 0 Å². The van der Waals surface area contributed by atoms with E-state index in [1.807, 2.05) is 13.8 Å². The van der Waals surface area contributed by atoms with Crippen molar-refractivity contribution in [1.29, 1.82) is 0 Å². The van der Waals surface area contributed by atoms with Gasteiger partial charge < -0.3 is 0 Å². The average Bonchev–Trinajstić information content (AvgIpc) is 2.86. The molecule has 0 spiro atoms. The summed E-state index contributed by atoms with van der Waals surface area (Å²) >= 11 is 0. The second-order valence-corrected chi connectivity index (χ2v) is 4.70. The fourth-order valence-corrected chi connectivity index (χ4v) is 2.46. The van der Waals surface area contributed by atoms with Gasteiger partial charge in [0, 0.05) is 0 Å². The third-order valence-electron chi connectivity index (χ3n) is 3.48. The molecule has 1 aliphatic carbocycles. The molecule has 0 unspecified atom stereocenters. The first-order chi connectivity index (χ1) is 8.77. The minimum absolute atomic E-state index is 1.11. The lowest BCUT2D eigenvalue weighted by Gasteiger charge is -2.08. The molecule has 0 saturated carbocycles. The van der Waals surface area contributed by atoms with Gasteiger partial charge in [-0.1, -0.05) is 61.9 Å². The summed E-state index contributed by atoms with van der Waals surface area (Å²) in [6, 6.07) is 10.7. The number of allylic oxidation sites excluding steroid dienone is 3. The Morgan fingerprint density at radius 2 is 1.78 bits per heavy atom. The molecule has 98 valence electrons. The van der Waals surface area contributed by atoms with E-state index >= 15 is 0 Å². The molecule has 0 heteroatoms. The Hall–Kier alpha value is -1.30. The van der Waals surface area contributed by atoms with Crippen molar-refractivity contribution in [2.75, 3.05) is 0 Å². The molecule has 0 radical (unpaired) electrons. The van der Waals surface area contributed by atoms with Crippen molar-refractivity contribution >= 4 is 0 Å². The van der Waals surface area contributed by atoms with E-state index in [0.717, 1.165) is 12.8 Å². The van der Waals surface area contributed by atoms with Gasteiger partial charge in [0.2, 0.25) is 0 Å². The predicted octanol–water partition coefficient (Wildman–Crippen LogP) is 5.70. The Kier molecular flexibility index (Phi) is 6.49. The van der Waals surface area contributed by atoms with Crippen LogP contribution in [0.3, 0.4) is 0 Å². The third kappa shape index (κ3) is 4.18. The van der Waals surface area contributed by atoms with Crippen LogP contribution >= 0.6 is 0 Å². The standard InChI is InChI=1S/C16H20.C2H6/c1-13-7-6-10-16(13)14(2)11-12-15-8-4-3-5-9-15;1-2/h3-5,8-9H,2,6-7,10-12H2,1H3;1-2H3. The molecule has 2 rings (SSSR count). The summed E-state index contributed by atoms with van der Waals surface area (Å²) in [5, 5.41) is 0. The first kappa shape index (κ1) is 14.8. The van der Waals surface area contributed by atoms with Crippen LogP contribution in [0.5, 0.6) is 0 Å². The average molecular weight is 242 g/mol. The van der Waals surface area contributed by atoms with Crippen molar-refractivity contribution in [3.63, 3.8) is 0 Å². The quantitative estimate of drug-likeness (QED) is 0.635. The highest BCUT2D eigenvalue weighted by Gasteiger charge is 2.12. The monoisotopic (exact) mass is 242 g/mol. The maximum Gasteiger partial charge on any atom is -0.0238 e. The van der Waals surface area contributed by atoms with Crippen molar-refractivity contribution < 1.29 is 0 Å². The molecule has 0 amide bonds. The topological polar surface area (TPSA) is 0 Å². The highest BCUT2D eigenvalue weighted by atomic mass is 14.2. The van der Waals surface area contributed by atoms with Gasteiger partial charge >= 0.3 is 0 Å². The Labute approximate surface area is 112 Å². The molecule has 18 heavy (non-hydrogen) atoms. The maximum absolute atomic E-state index is 4.24. The van der Waals surface area contributed by atoms with E-state index in [1.165, 1.54) is 30.4 Å².